The molecular formula is C27H41N5O2. The third-order valence-corrected chi connectivity index (χ3v) is 8.89. The summed E-state index contributed by atoms with van der Waals surface area (Å²) in [7, 11) is 1.71. The highest BCUT2D eigenvalue weighted by Crippen LogP contribution is 2.35. The van der Waals surface area contributed by atoms with Crippen LogP contribution in [0.2, 0.25) is 0 Å². The summed E-state index contributed by atoms with van der Waals surface area (Å²) in [6.07, 6.45) is 9.84. The lowest BCUT2D eigenvalue weighted by atomic mass is 9.78. The summed E-state index contributed by atoms with van der Waals surface area (Å²) in [5.41, 5.74) is 8.01. The van der Waals surface area contributed by atoms with E-state index in [4.69, 9.17) is 0 Å². The molecule has 2 heterocycles. The highest BCUT2D eigenvalue weighted by molar-refractivity contribution is 5.82. The van der Waals surface area contributed by atoms with Crippen LogP contribution < -0.4 is 21.5 Å². The number of amides is 2. The lowest BCUT2D eigenvalue weighted by Crippen LogP contribution is -2.52. The van der Waals surface area contributed by atoms with Crippen LogP contribution in [0.4, 0.5) is 0 Å². The van der Waals surface area contributed by atoms with Crippen LogP contribution in [0.5, 0.6) is 0 Å². The van der Waals surface area contributed by atoms with Gasteiger partial charge in [-0.25, -0.2) is 5.43 Å². The maximum absolute atomic E-state index is 13.3. The highest BCUT2D eigenvalue weighted by atomic mass is 16.2. The molecule has 7 atom stereocenters. The first-order valence-corrected chi connectivity index (χ1v) is 13.4. The minimum absolute atomic E-state index is 0.0744. The molecule has 6 unspecified atom stereocenters. The molecule has 5 rings (SSSR count). The van der Waals surface area contributed by atoms with Gasteiger partial charge in [0.15, 0.2) is 0 Å². The Kier molecular flexibility index (Phi) is 7.52. The Balaban J connectivity index is 1.13. The molecule has 0 aromatic heterocycles. The van der Waals surface area contributed by atoms with Crippen molar-refractivity contribution in [1.82, 2.24) is 26.4 Å². The predicted molar refractivity (Wildman–Crippen MR) is 133 cm³/mol. The smallest absolute Gasteiger partial charge is 0.238 e. The first-order chi connectivity index (χ1) is 16.6. The standard InChI is InChI=1S/C27H41N5O2/c1-28-27(34)25-23-13-12-22(16-24(23)30-31-25)32-14-6-10-20(17-32)26(33)29-21-11-5-9-19(15-21)18-7-3-2-4-8-18/h2-4,7-8,19-25,30-31H,5-6,9-17H2,1H3,(H,28,34)(H,29,33)/t19-,20?,21?,22?,23?,24?,25?/m0/s1. The second-order valence-corrected chi connectivity index (χ2v) is 10.9. The van der Waals surface area contributed by atoms with Crippen molar-refractivity contribution in [2.24, 2.45) is 11.8 Å². The molecular weight excluding hydrogens is 426 g/mol. The van der Waals surface area contributed by atoms with Crippen LogP contribution in [0, 0.1) is 11.8 Å². The van der Waals surface area contributed by atoms with E-state index in [1.165, 1.54) is 18.4 Å². The van der Waals surface area contributed by atoms with Gasteiger partial charge in [0, 0.05) is 37.6 Å². The van der Waals surface area contributed by atoms with Gasteiger partial charge in [-0.05, 0) is 69.4 Å². The Morgan fingerprint density at radius 1 is 0.941 bits per heavy atom. The average molecular weight is 468 g/mol. The quantitative estimate of drug-likeness (QED) is 0.534. The van der Waals surface area contributed by atoms with Gasteiger partial charge in [0.1, 0.15) is 6.04 Å². The summed E-state index contributed by atoms with van der Waals surface area (Å²) in [4.78, 5) is 28.0. The maximum atomic E-state index is 13.3. The Morgan fingerprint density at radius 3 is 2.62 bits per heavy atom. The third-order valence-electron chi connectivity index (χ3n) is 8.89. The fraction of sp³-hybridized carbons (Fsp3) is 0.704. The molecule has 0 radical (unpaired) electrons. The van der Waals surface area contributed by atoms with Crippen molar-refractivity contribution >= 4 is 11.8 Å². The monoisotopic (exact) mass is 467 g/mol. The number of likely N-dealkylation sites (N-methyl/N-ethyl adjacent to an activating group) is 1. The highest BCUT2D eigenvalue weighted by Gasteiger charge is 2.45. The number of carbonyl (C=O) groups excluding carboxylic acids is 2. The van der Waals surface area contributed by atoms with Crippen molar-refractivity contribution in [3.63, 3.8) is 0 Å². The zero-order valence-corrected chi connectivity index (χ0v) is 20.5. The molecule has 2 saturated heterocycles. The number of nitrogens with zero attached hydrogens (tertiary/aromatic N) is 1. The van der Waals surface area contributed by atoms with Crippen LogP contribution in [0.3, 0.4) is 0 Å². The van der Waals surface area contributed by atoms with E-state index in [0.29, 0.717) is 30.0 Å². The van der Waals surface area contributed by atoms with Crippen LogP contribution in [-0.4, -0.2) is 61.0 Å². The van der Waals surface area contributed by atoms with Gasteiger partial charge in [-0.2, -0.15) is 0 Å². The van der Waals surface area contributed by atoms with Gasteiger partial charge in [0.2, 0.25) is 11.8 Å². The molecule has 34 heavy (non-hydrogen) atoms. The molecule has 0 bridgehead atoms. The fourth-order valence-electron chi connectivity index (χ4n) is 7.01. The molecule has 2 amide bonds. The molecule has 2 aliphatic heterocycles. The lowest BCUT2D eigenvalue weighted by Gasteiger charge is -2.43. The number of hydrogen-bond donors (Lipinski definition) is 4. The maximum Gasteiger partial charge on any atom is 0.238 e. The van der Waals surface area contributed by atoms with E-state index in [-0.39, 0.29) is 23.8 Å². The van der Waals surface area contributed by atoms with Crippen molar-refractivity contribution < 1.29 is 9.59 Å². The van der Waals surface area contributed by atoms with Crippen molar-refractivity contribution in [3.8, 4) is 0 Å². The number of rotatable bonds is 5. The number of likely N-dealkylation sites (tertiary alicyclic amines) is 1. The Labute approximate surface area is 203 Å². The van der Waals surface area contributed by atoms with Crippen LogP contribution in [0.25, 0.3) is 0 Å². The predicted octanol–water partition coefficient (Wildman–Crippen LogP) is 2.30. The Bertz CT molecular complexity index is 849. The van der Waals surface area contributed by atoms with Gasteiger partial charge in [0.05, 0.1) is 5.92 Å². The van der Waals surface area contributed by atoms with E-state index in [2.05, 4.69) is 56.7 Å². The first kappa shape index (κ1) is 23.8. The minimum atomic E-state index is -0.133. The van der Waals surface area contributed by atoms with E-state index >= 15 is 0 Å². The number of hydrazine groups is 1. The van der Waals surface area contributed by atoms with Gasteiger partial charge in [-0.15, -0.1) is 0 Å². The first-order valence-electron chi connectivity index (χ1n) is 13.4. The lowest BCUT2D eigenvalue weighted by molar-refractivity contribution is -0.128. The second-order valence-electron chi connectivity index (χ2n) is 10.9. The summed E-state index contributed by atoms with van der Waals surface area (Å²) >= 11 is 0. The van der Waals surface area contributed by atoms with Crippen LogP contribution in [0.1, 0.15) is 69.3 Å². The minimum Gasteiger partial charge on any atom is -0.358 e. The van der Waals surface area contributed by atoms with Crippen molar-refractivity contribution in [3.05, 3.63) is 35.9 Å². The number of fused-ring (bicyclic) bond motifs is 1. The summed E-state index contributed by atoms with van der Waals surface area (Å²) < 4.78 is 0. The zero-order chi connectivity index (χ0) is 23.5. The summed E-state index contributed by atoms with van der Waals surface area (Å²) in [6.45, 7) is 1.95. The molecule has 2 aliphatic carbocycles. The summed E-state index contributed by atoms with van der Waals surface area (Å²) in [6, 6.07) is 11.8. The van der Waals surface area contributed by atoms with Crippen molar-refractivity contribution in [2.75, 3.05) is 20.1 Å². The Hall–Kier alpha value is -1.96. The average Bonchev–Trinajstić information content (AvgIpc) is 3.32. The van der Waals surface area contributed by atoms with E-state index in [1.54, 1.807) is 7.05 Å². The van der Waals surface area contributed by atoms with Crippen molar-refractivity contribution in [2.45, 2.75) is 87.9 Å². The van der Waals surface area contributed by atoms with Gasteiger partial charge < -0.3 is 10.6 Å². The third kappa shape index (κ3) is 5.16. The largest absolute Gasteiger partial charge is 0.358 e. The van der Waals surface area contributed by atoms with E-state index < -0.39 is 0 Å². The molecule has 4 fully saturated rings. The van der Waals surface area contributed by atoms with E-state index in [1.807, 2.05) is 0 Å². The molecule has 7 heteroatoms. The molecule has 4 N–H and O–H groups in total. The summed E-state index contributed by atoms with van der Waals surface area (Å²) in [5.74, 6) is 1.34. The van der Waals surface area contributed by atoms with Crippen LogP contribution in [-0.2, 0) is 9.59 Å². The van der Waals surface area contributed by atoms with Gasteiger partial charge in [-0.1, -0.05) is 36.8 Å². The van der Waals surface area contributed by atoms with E-state index in [9.17, 15) is 9.59 Å². The Morgan fingerprint density at radius 2 is 1.79 bits per heavy atom. The molecule has 7 nitrogen and oxygen atoms in total. The normalized spacial score (nSPS) is 36.4. The molecule has 1 aromatic carbocycles. The van der Waals surface area contributed by atoms with Crippen LogP contribution in [0.15, 0.2) is 30.3 Å². The number of piperidine rings is 1. The SMILES string of the molecule is CNC(=O)C1NNC2CC(N3CCCC(C(=O)NC4CCC[C@H](c5ccccc5)C4)C3)CCC21. The number of benzene rings is 1. The summed E-state index contributed by atoms with van der Waals surface area (Å²) in [5, 5.41) is 6.22. The molecule has 186 valence electrons. The molecule has 4 aliphatic rings. The zero-order valence-electron chi connectivity index (χ0n) is 20.5. The number of carbonyl (C=O) groups is 2. The van der Waals surface area contributed by atoms with E-state index in [0.717, 1.165) is 58.0 Å². The van der Waals surface area contributed by atoms with Crippen LogP contribution >= 0.6 is 0 Å². The fourth-order valence-corrected chi connectivity index (χ4v) is 7.01. The van der Waals surface area contributed by atoms with Gasteiger partial charge in [0.25, 0.3) is 0 Å². The van der Waals surface area contributed by atoms with Crippen molar-refractivity contribution in [1.29, 1.82) is 0 Å². The second kappa shape index (κ2) is 10.8. The molecule has 1 aromatic rings. The molecule has 0 spiro atoms. The topological polar surface area (TPSA) is 85.5 Å². The van der Waals surface area contributed by atoms with Gasteiger partial charge >= 0.3 is 0 Å². The number of nitrogens with one attached hydrogen (secondary N) is 4. The van der Waals surface area contributed by atoms with Gasteiger partial charge in [-0.3, -0.25) is 19.9 Å². The molecule has 2 saturated carbocycles. The number of hydrogen-bond acceptors (Lipinski definition) is 5.